The van der Waals surface area contributed by atoms with Gasteiger partial charge in [-0.1, -0.05) is 0 Å². The van der Waals surface area contributed by atoms with Crippen LogP contribution in [0.15, 0.2) is 60.7 Å². The Labute approximate surface area is 196 Å². The van der Waals surface area contributed by atoms with Gasteiger partial charge in [-0.3, -0.25) is 0 Å². The SMILES string of the molecule is O=C([O][Hg][CH]1CCC2OC1CC[CH]2[Hg][O]C(=O)c1ccccc1)c1ccccc1. The van der Waals surface area contributed by atoms with E-state index in [0.29, 0.717) is 18.0 Å². The Balaban J connectivity index is 1.24. The topological polar surface area (TPSA) is 61.8 Å². The molecule has 4 rings (SSSR count). The van der Waals surface area contributed by atoms with Crippen LogP contribution in [-0.4, -0.2) is 24.1 Å². The molecule has 2 heterocycles. The Morgan fingerprint density at radius 2 is 1.10 bits per heavy atom. The molecule has 0 spiro atoms. The number of fused-ring (bicyclic) bond motifs is 2. The van der Waals surface area contributed by atoms with Crippen molar-refractivity contribution in [3.63, 3.8) is 0 Å². The molecule has 29 heavy (non-hydrogen) atoms. The summed E-state index contributed by atoms with van der Waals surface area (Å²) in [5.41, 5.74) is 1.28. The van der Waals surface area contributed by atoms with E-state index in [1.807, 2.05) is 36.4 Å². The molecule has 4 atom stereocenters. The Morgan fingerprint density at radius 3 is 1.52 bits per heavy atom. The van der Waals surface area contributed by atoms with Gasteiger partial charge in [0.15, 0.2) is 0 Å². The molecule has 7 heteroatoms. The molecule has 2 bridgehead atoms. The molecule has 2 aliphatic rings. The quantitative estimate of drug-likeness (QED) is 0.403. The summed E-state index contributed by atoms with van der Waals surface area (Å²) in [6.07, 6.45) is 4.70. The minimum atomic E-state index is -1.83. The van der Waals surface area contributed by atoms with Gasteiger partial charge in [0.2, 0.25) is 0 Å². The van der Waals surface area contributed by atoms with Gasteiger partial charge in [-0.2, -0.15) is 0 Å². The second kappa shape index (κ2) is 10.5. The Hall–Kier alpha value is -0.790. The van der Waals surface area contributed by atoms with E-state index in [2.05, 4.69) is 0 Å². The zero-order valence-corrected chi connectivity index (χ0v) is 27.4. The molecule has 0 amide bonds. The van der Waals surface area contributed by atoms with Crippen LogP contribution < -0.4 is 0 Å². The average molecular weight is 768 g/mol. The third kappa shape index (κ3) is 5.67. The van der Waals surface area contributed by atoms with Crippen LogP contribution in [-0.2, 0) is 60.1 Å². The average Bonchev–Trinajstić information content (AvgIpc) is 2.79. The second-order valence-corrected chi connectivity index (χ2v) is 20.8. The number of benzene rings is 2. The van der Waals surface area contributed by atoms with Gasteiger partial charge in [-0.25, -0.2) is 0 Å². The molecular weight excluding hydrogens is 745 g/mol. The number of hydrogen-bond acceptors (Lipinski definition) is 5. The summed E-state index contributed by atoms with van der Waals surface area (Å²) in [5, 5.41) is 0. The van der Waals surface area contributed by atoms with E-state index in [1.165, 1.54) is 0 Å². The molecule has 0 aromatic heterocycles. The molecule has 0 aliphatic carbocycles. The van der Waals surface area contributed by atoms with Gasteiger partial charge in [0.25, 0.3) is 0 Å². The zero-order valence-electron chi connectivity index (χ0n) is 16.4. The summed E-state index contributed by atoms with van der Waals surface area (Å²) in [6, 6.07) is 18.5. The Morgan fingerprint density at radius 1 is 0.690 bits per heavy atom. The molecule has 2 aromatic rings. The Bertz CT molecular complexity index is 760. The van der Waals surface area contributed by atoms with Crippen LogP contribution in [0.3, 0.4) is 0 Å². The van der Waals surface area contributed by atoms with Gasteiger partial charge in [0, 0.05) is 0 Å². The van der Waals surface area contributed by atoms with E-state index in [-0.39, 0.29) is 24.1 Å². The predicted octanol–water partition coefficient (Wildman–Crippen LogP) is 4.61. The van der Waals surface area contributed by atoms with Crippen LogP contribution in [0.25, 0.3) is 0 Å². The van der Waals surface area contributed by atoms with Crippen molar-refractivity contribution in [2.45, 2.75) is 44.7 Å². The molecule has 0 saturated carbocycles. The van der Waals surface area contributed by atoms with E-state index in [9.17, 15) is 9.59 Å². The number of hydrogen-bond donors (Lipinski definition) is 0. The summed E-state index contributed by atoms with van der Waals surface area (Å²) in [7, 11) is 0. The molecule has 0 N–H and O–H groups in total. The van der Waals surface area contributed by atoms with Crippen LogP contribution in [0.4, 0.5) is 0 Å². The van der Waals surface area contributed by atoms with Crippen molar-refractivity contribution < 1.29 is 69.7 Å². The number of ether oxygens (including phenoxy) is 1. The third-order valence-corrected chi connectivity index (χ3v) is 19.8. The van der Waals surface area contributed by atoms with Crippen molar-refractivity contribution in [3.8, 4) is 0 Å². The van der Waals surface area contributed by atoms with Gasteiger partial charge in [0.05, 0.1) is 0 Å². The van der Waals surface area contributed by atoms with Crippen LogP contribution in [0.1, 0.15) is 46.4 Å². The van der Waals surface area contributed by atoms with E-state index in [4.69, 9.17) is 10.0 Å². The molecular formula is C22H22Hg2O5. The molecule has 2 aromatic carbocycles. The molecule has 5 nitrogen and oxygen atoms in total. The van der Waals surface area contributed by atoms with Crippen LogP contribution in [0.5, 0.6) is 0 Å². The van der Waals surface area contributed by atoms with Crippen molar-refractivity contribution in [2.75, 3.05) is 0 Å². The molecule has 2 saturated heterocycles. The standard InChI is InChI=1S/C8H12O.2C7H6O2.2Hg/c1-3-7-5-2-6-8(4-1)9-7;2*8-7(9)6-4-2-1-3-5-6;;/h3,6-8H,1-2,4-5H2;2*1-5H,(H,8,9);;/q;;;2*+1/p-2. The van der Waals surface area contributed by atoms with Crippen LogP contribution in [0, 0.1) is 0 Å². The van der Waals surface area contributed by atoms with E-state index in [0.717, 1.165) is 25.7 Å². The molecule has 2 aliphatic heterocycles. The zero-order chi connectivity index (χ0) is 20.1. The summed E-state index contributed by atoms with van der Waals surface area (Å²) in [6.45, 7) is 0. The first kappa shape index (κ1) is 21.4. The van der Waals surface area contributed by atoms with Crippen molar-refractivity contribution >= 4 is 11.9 Å². The molecule has 0 radical (unpaired) electrons. The number of carbonyl (C=O) groups excluding carboxylic acids is 2. The second-order valence-electron chi connectivity index (χ2n) is 7.82. The van der Waals surface area contributed by atoms with Gasteiger partial charge in [-0.05, 0) is 0 Å². The summed E-state index contributed by atoms with van der Waals surface area (Å²) >= 11 is -3.66. The van der Waals surface area contributed by atoms with E-state index < -0.39 is 50.1 Å². The maximum absolute atomic E-state index is 12.2. The minimum absolute atomic E-state index is 0.173. The fourth-order valence-corrected chi connectivity index (χ4v) is 15.9. The van der Waals surface area contributed by atoms with E-state index >= 15 is 0 Å². The van der Waals surface area contributed by atoms with E-state index in [1.54, 1.807) is 24.3 Å². The fraction of sp³-hybridized carbons (Fsp3) is 0.364. The fourth-order valence-electron chi connectivity index (χ4n) is 4.24. The summed E-state index contributed by atoms with van der Waals surface area (Å²) < 4.78 is 18.8. The third-order valence-electron chi connectivity index (χ3n) is 5.92. The maximum atomic E-state index is 12.2. The van der Waals surface area contributed by atoms with Crippen LogP contribution >= 0.6 is 0 Å². The van der Waals surface area contributed by atoms with Gasteiger partial charge >= 0.3 is 198 Å². The number of carbonyl (C=O) groups is 2. The normalized spacial score (nSPS) is 25.2. The van der Waals surface area contributed by atoms with Crippen LogP contribution in [0.2, 0.25) is 6.85 Å². The number of rotatable bonds is 6. The van der Waals surface area contributed by atoms with Gasteiger partial charge in [0.1, 0.15) is 0 Å². The summed E-state index contributed by atoms with van der Waals surface area (Å²) in [4.78, 5) is 24.5. The molecule has 2 fully saturated rings. The molecule has 4 unspecified atom stereocenters. The van der Waals surface area contributed by atoms with Crippen molar-refractivity contribution in [1.29, 1.82) is 0 Å². The van der Waals surface area contributed by atoms with Gasteiger partial charge in [-0.15, -0.1) is 0 Å². The van der Waals surface area contributed by atoms with Gasteiger partial charge < -0.3 is 0 Å². The Kier molecular flexibility index (Phi) is 7.76. The monoisotopic (exact) mass is 770 g/mol. The van der Waals surface area contributed by atoms with Crippen molar-refractivity contribution in [1.82, 2.24) is 0 Å². The van der Waals surface area contributed by atoms with Crippen molar-refractivity contribution in [2.24, 2.45) is 0 Å². The van der Waals surface area contributed by atoms with Crippen molar-refractivity contribution in [3.05, 3.63) is 71.8 Å². The summed E-state index contributed by atoms with van der Waals surface area (Å²) in [5.74, 6) is -0.347. The first-order chi connectivity index (χ1) is 14.2. The predicted molar refractivity (Wildman–Crippen MR) is 98.3 cm³/mol. The molecule has 144 valence electrons. The first-order valence-corrected chi connectivity index (χ1v) is 21.1. The first-order valence-electron chi connectivity index (χ1n) is 10.3.